The first-order chi connectivity index (χ1) is 9.52. The van der Waals surface area contributed by atoms with Gasteiger partial charge in [-0.1, -0.05) is 26.2 Å². The zero-order valence-electron chi connectivity index (χ0n) is 12.3. The van der Waals surface area contributed by atoms with Crippen LogP contribution in [0, 0.1) is 0 Å². The fourth-order valence-corrected chi connectivity index (χ4v) is 2.91. The van der Waals surface area contributed by atoms with Crippen LogP contribution in [0.2, 0.25) is 0 Å². The Morgan fingerprint density at radius 1 is 1.00 bits per heavy atom. The van der Waals surface area contributed by atoms with E-state index in [0.717, 1.165) is 13.1 Å². The molecule has 0 saturated heterocycles. The van der Waals surface area contributed by atoms with Crippen molar-refractivity contribution in [2.75, 3.05) is 32.7 Å². The number of likely N-dealkylation sites (N-methyl/N-ethyl adjacent to an activating group) is 1. The van der Waals surface area contributed by atoms with Crippen LogP contribution in [0.4, 0.5) is 0 Å². The van der Waals surface area contributed by atoms with Crippen LogP contribution in [0.3, 0.4) is 0 Å². The Balaban J connectivity index is 2.45. The first-order valence-electron chi connectivity index (χ1n) is 7.43. The van der Waals surface area contributed by atoms with Gasteiger partial charge in [-0.3, -0.25) is 19.4 Å². The SMILES string of the molecule is CCN(CCN(CC(=O)O)CC(=O)O)C1CCCCC1. The van der Waals surface area contributed by atoms with Gasteiger partial charge in [0.2, 0.25) is 0 Å². The smallest absolute Gasteiger partial charge is 0.317 e. The van der Waals surface area contributed by atoms with Gasteiger partial charge in [0, 0.05) is 19.1 Å². The largest absolute Gasteiger partial charge is 0.480 e. The standard InChI is InChI=1S/C14H26N2O4/c1-2-16(12-6-4-3-5-7-12)9-8-15(10-13(17)18)11-14(19)20/h12H,2-11H2,1H3,(H,17,18)(H,19,20). The van der Waals surface area contributed by atoms with Crippen LogP contribution < -0.4 is 0 Å². The molecule has 116 valence electrons. The number of carbonyl (C=O) groups is 2. The number of nitrogens with zero attached hydrogens (tertiary/aromatic N) is 2. The van der Waals surface area contributed by atoms with Gasteiger partial charge < -0.3 is 10.2 Å². The van der Waals surface area contributed by atoms with Crippen LogP contribution in [-0.2, 0) is 9.59 Å². The molecule has 0 amide bonds. The Morgan fingerprint density at radius 2 is 1.55 bits per heavy atom. The van der Waals surface area contributed by atoms with Crippen molar-refractivity contribution in [3.05, 3.63) is 0 Å². The lowest BCUT2D eigenvalue weighted by molar-refractivity contribution is -0.141. The third-order valence-corrected chi connectivity index (χ3v) is 3.92. The molecule has 0 unspecified atom stereocenters. The molecular weight excluding hydrogens is 260 g/mol. The van der Waals surface area contributed by atoms with Crippen LogP contribution in [0.25, 0.3) is 0 Å². The molecule has 6 nitrogen and oxygen atoms in total. The second-order valence-electron chi connectivity index (χ2n) is 5.42. The highest BCUT2D eigenvalue weighted by molar-refractivity contribution is 5.72. The highest BCUT2D eigenvalue weighted by atomic mass is 16.4. The lowest BCUT2D eigenvalue weighted by atomic mass is 9.94. The maximum Gasteiger partial charge on any atom is 0.317 e. The minimum Gasteiger partial charge on any atom is -0.480 e. The number of aliphatic carboxylic acids is 2. The third kappa shape index (κ3) is 6.34. The third-order valence-electron chi connectivity index (χ3n) is 3.92. The van der Waals surface area contributed by atoms with Crippen LogP contribution in [0.1, 0.15) is 39.0 Å². The van der Waals surface area contributed by atoms with Crippen LogP contribution in [-0.4, -0.2) is 70.7 Å². The number of hydrogen-bond donors (Lipinski definition) is 2. The van der Waals surface area contributed by atoms with Crippen LogP contribution >= 0.6 is 0 Å². The maximum absolute atomic E-state index is 10.8. The van der Waals surface area contributed by atoms with E-state index in [4.69, 9.17) is 10.2 Å². The van der Waals surface area contributed by atoms with E-state index in [0.29, 0.717) is 12.6 Å². The summed E-state index contributed by atoms with van der Waals surface area (Å²) in [6.07, 6.45) is 6.22. The zero-order valence-corrected chi connectivity index (χ0v) is 12.3. The van der Waals surface area contributed by atoms with E-state index in [1.54, 1.807) is 0 Å². The van der Waals surface area contributed by atoms with Gasteiger partial charge in [-0.2, -0.15) is 0 Å². The molecule has 0 radical (unpaired) electrons. The summed E-state index contributed by atoms with van der Waals surface area (Å²) in [6, 6.07) is 0.574. The molecule has 2 N–H and O–H groups in total. The quantitative estimate of drug-likeness (QED) is 0.661. The lowest BCUT2D eigenvalue weighted by Gasteiger charge is -2.34. The summed E-state index contributed by atoms with van der Waals surface area (Å²) in [6.45, 7) is 3.83. The molecule has 0 aromatic heterocycles. The number of carboxylic acid groups (broad SMARTS) is 2. The van der Waals surface area contributed by atoms with Crippen LogP contribution in [0.5, 0.6) is 0 Å². The van der Waals surface area contributed by atoms with Gasteiger partial charge >= 0.3 is 11.9 Å². The van der Waals surface area contributed by atoms with Crippen molar-refractivity contribution in [2.45, 2.75) is 45.1 Å². The van der Waals surface area contributed by atoms with Gasteiger partial charge in [0.1, 0.15) is 0 Å². The second kappa shape index (κ2) is 8.92. The molecule has 0 aromatic rings. The van der Waals surface area contributed by atoms with Crippen molar-refractivity contribution in [3.8, 4) is 0 Å². The van der Waals surface area contributed by atoms with Gasteiger partial charge in [-0.25, -0.2) is 0 Å². The highest BCUT2D eigenvalue weighted by Gasteiger charge is 2.21. The minimum absolute atomic E-state index is 0.214. The Labute approximate surface area is 120 Å². The molecule has 1 fully saturated rings. The monoisotopic (exact) mass is 286 g/mol. The van der Waals surface area contributed by atoms with E-state index in [1.807, 2.05) is 0 Å². The lowest BCUT2D eigenvalue weighted by Crippen LogP contribution is -2.44. The normalized spacial score (nSPS) is 16.8. The molecule has 1 saturated carbocycles. The maximum atomic E-state index is 10.8. The molecule has 1 aliphatic rings. The number of rotatable bonds is 9. The fourth-order valence-electron chi connectivity index (χ4n) is 2.91. The summed E-state index contributed by atoms with van der Waals surface area (Å²) in [4.78, 5) is 25.4. The Kier molecular flexibility index (Phi) is 7.54. The molecule has 0 aromatic carbocycles. The van der Waals surface area contributed by atoms with Crippen molar-refractivity contribution >= 4 is 11.9 Å². The minimum atomic E-state index is -0.980. The van der Waals surface area contributed by atoms with Gasteiger partial charge in [0.05, 0.1) is 13.1 Å². The highest BCUT2D eigenvalue weighted by Crippen LogP contribution is 2.22. The van der Waals surface area contributed by atoms with Gasteiger partial charge in [0.15, 0.2) is 0 Å². The van der Waals surface area contributed by atoms with Crippen molar-refractivity contribution in [3.63, 3.8) is 0 Å². The molecule has 1 aliphatic carbocycles. The first-order valence-corrected chi connectivity index (χ1v) is 7.43. The van der Waals surface area contributed by atoms with E-state index in [2.05, 4.69) is 11.8 Å². The Bertz CT molecular complexity index is 300. The topological polar surface area (TPSA) is 81.1 Å². The van der Waals surface area contributed by atoms with E-state index in [9.17, 15) is 9.59 Å². The molecule has 1 rings (SSSR count). The van der Waals surface area contributed by atoms with Gasteiger partial charge in [0.25, 0.3) is 0 Å². The molecule has 6 heteroatoms. The van der Waals surface area contributed by atoms with E-state index in [-0.39, 0.29) is 13.1 Å². The van der Waals surface area contributed by atoms with Crippen LogP contribution in [0.15, 0.2) is 0 Å². The van der Waals surface area contributed by atoms with Crippen molar-refractivity contribution < 1.29 is 19.8 Å². The van der Waals surface area contributed by atoms with E-state index >= 15 is 0 Å². The molecule has 20 heavy (non-hydrogen) atoms. The fraction of sp³-hybridized carbons (Fsp3) is 0.857. The molecule has 0 bridgehead atoms. The predicted octanol–water partition coefficient (Wildman–Crippen LogP) is 1.11. The average Bonchev–Trinajstić information content (AvgIpc) is 2.39. The second-order valence-corrected chi connectivity index (χ2v) is 5.42. The van der Waals surface area contributed by atoms with Gasteiger partial charge in [-0.15, -0.1) is 0 Å². The Morgan fingerprint density at radius 3 is 2.00 bits per heavy atom. The summed E-state index contributed by atoms with van der Waals surface area (Å²) in [5, 5.41) is 17.6. The van der Waals surface area contributed by atoms with E-state index < -0.39 is 11.9 Å². The summed E-state index contributed by atoms with van der Waals surface area (Å²) in [7, 11) is 0. The first kappa shape index (κ1) is 16.9. The number of hydrogen-bond acceptors (Lipinski definition) is 4. The summed E-state index contributed by atoms with van der Waals surface area (Å²) < 4.78 is 0. The summed E-state index contributed by atoms with van der Waals surface area (Å²) in [5.74, 6) is -1.96. The molecular formula is C14H26N2O4. The molecule has 0 aliphatic heterocycles. The average molecular weight is 286 g/mol. The molecule has 0 atom stereocenters. The molecule has 0 heterocycles. The van der Waals surface area contributed by atoms with E-state index in [1.165, 1.54) is 37.0 Å². The number of carboxylic acids is 2. The van der Waals surface area contributed by atoms with Crippen molar-refractivity contribution in [1.82, 2.24) is 9.80 Å². The zero-order chi connectivity index (χ0) is 15.0. The Hall–Kier alpha value is -1.14. The van der Waals surface area contributed by atoms with Gasteiger partial charge in [-0.05, 0) is 19.4 Å². The summed E-state index contributed by atoms with van der Waals surface area (Å²) >= 11 is 0. The molecule has 0 spiro atoms. The summed E-state index contributed by atoms with van der Waals surface area (Å²) in [5.41, 5.74) is 0. The van der Waals surface area contributed by atoms with Crippen molar-refractivity contribution in [1.29, 1.82) is 0 Å². The van der Waals surface area contributed by atoms with Crippen molar-refractivity contribution in [2.24, 2.45) is 0 Å². The predicted molar refractivity (Wildman–Crippen MR) is 75.8 cm³/mol.